The molecule has 1 aliphatic rings. The number of nitrogens with zero attached hydrogens (tertiary/aromatic N) is 2. The molecule has 28 heavy (non-hydrogen) atoms. The number of rotatable bonds is 4. The van der Waals surface area contributed by atoms with Crippen molar-refractivity contribution < 1.29 is 26.3 Å². The lowest BCUT2D eigenvalue weighted by atomic mass is 10.1. The molecule has 3 aromatic rings. The summed E-state index contributed by atoms with van der Waals surface area (Å²) in [4.78, 5) is 3.77. The number of pyridine rings is 1. The highest BCUT2D eigenvalue weighted by Gasteiger charge is 2.41. The van der Waals surface area contributed by atoms with Gasteiger partial charge in [0.05, 0.1) is 18.0 Å². The molecule has 146 valence electrons. The first-order chi connectivity index (χ1) is 13.2. The van der Waals surface area contributed by atoms with Crippen LogP contribution in [0.25, 0.3) is 10.8 Å². The molecular weight excluding hydrogens is 393 g/mol. The van der Waals surface area contributed by atoms with Crippen molar-refractivity contribution in [3.05, 3.63) is 66.4 Å². The van der Waals surface area contributed by atoms with Crippen molar-refractivity contribution >= 4 is 20.8 Å². The van der Waals surface area contributed by atoms with E-state index in [9.17, 15) is 21.6 Å². The van der Waals surface area contributed by atoms with Gasteiger partial charge in [0, 0.05) is 6.20 Å². The van der Waals surface area contributed by atoms with Crippen LogP contribution in [0.15, 0.2) is 65.7 Å². The molecule has 0 radical (unpaired) electrons. The van der Waals surface area contributed by atoms with Gasteiger partial charge in [-0.05, 0) is 35.0 Å². The third kappa shape index (κ3) is 3.43. The number of aromatic nitrogens is 1. The Morgan fingerprint density at radius 2 is 1.71 bits per heavy atom. The van der Waals surface area contributed by atoms with Gasteiger partial charge in [-0.25, -0.2) is 13.4 Å². The molecule has 0 atom stereocenters. The van der Waals surface area contributed by atoms with Gasteiger partial charge in [-0.15, -0.1) is 0 Å². The molecule has 0 spiro atoms. The van der Waals surface area contributed by atoms with E-state index in [1.807, 2.05) is 24.3 Å². The molecule has 0 saturated carbocycles. The Morgan fingerprint density at radius 1 is 1.00 bits per heavy atom. The molecule has 2 heterocycles. The molecule has 0 N–H and O–H groups in total. The Kier molecular flexibility index (Phi) is 4.51. The van der Waals surface area contributed by atoms with Crippen LogP contribution in [0, 0.1) is 0 Å². The van der Waals surface area contributed by atoms with E-state index in [0.717, 1.165) is 16.8 Å². The lowest BCUT2D eigenvalue weighted by Crippen LogP contribution is -2.56. The van der Waals surface area contributed by atoms with Gasteiger partial charge in [0.15, 0.2) is 0 Å². The van der Waals surface area contributed by atoms with E-state index in [1.165, 1.54) is 22.6 Å². The van der Waals surface area contributed by atoms with Crippen molar-refractivity contribution in [1.82, 2.24) is 9.29 Å². The summed E-state index contributed by atoms with van der Waals surface area (Å²) in [5, 5.41) is 1.71. The zero-order valence-electron chi connectivity index (χ0n) is 14.4. The minimum absolute atomic E-state index is 0.0387. The average molecular weight is 408 g/mol. The highest BCUT2D eigenvalue weighted by Crippen LogP contribution is 2.36. The molecule has 1 saturated heterocycles. The van der Waals surface area contributed by atoms with Crippen molar-refractivity contribution in [1.29, 1.82) is 0 Å². The Bertz CT molecular complexity index is 1130. The third-order valence-electron chi connectivity index (χ3n) is 4.53. The second-order valence-electron chi connectivity index (χ2n) is 6.42. The summed E-state index contributed by atoms with van der Waals surface area (Å²) in [5.74, 6) is -0.539. The molecule has 4 rings (SSSR count). The van der Waals surface area contributed by atoms with Gasteiger partial charge in [-0.1, -0.05) is 30.3 Å². The van der Waals surface area contributed by atoms with Gasteiger partial charge >= 0.3 is 6.18 Å². The predicted octanol–water partition coefficient (Wildman–Crippen LogP) is 3.71. The van der Waals surface area contributed by atoms with Crippen LogP contribution in [0.3, 0.4) is 0 Å². The maximum absolute atomic E-state index is 13.0. The summed E-state index contributed by atoms with van der Waals surface area (Å²) in [5.41, 5.74) is -0.981. The number of hydrogen-bond acceptors (Lipinski definition) is 4. The summed E-state index contributed by atoms with van der Waals surface area (Å²) >= 11 is 0. The quantitative estimate of drug-likeness (QED) is 0.661. The molecule has 1 aromatic heterocycles. The van der Waals surface area contributed by atoms with Crippen LogP contribution in [0.2, 0.25) is 0 Å². The number of halogens is 3. The first kappa shape index (κ1) is 18.7. The Morgan fingerprint density at radius 3 is 2.43 bits per heavy atom. The van der Waals surface area contributed by atoms with Crippen LogP contribution >= 0.6 is 0 Å². The minimum atomic E-state index is -4.59. The Labute approximate surface area is 159 Å². The van der Waals surface area contributed by atoms with Crippen LogP contribution in [0.4, 0.5) is 13.2 Å². The van der Waals surface area contributed by atoms with Gasteiger partial charge in [0.1, 0.15) is 11.7 Å². The summed E-state index contributed by atoms with van der Waals surface area (Å²) in [6.45, 7) is -0.0773. The molecule has 0 aliphatic carbocycles. The first-order valence-electron chi connectivity index (χ1n) is 8.43. The van der Waals surface area contributed by atoms with Crippen molar-refractivity contribution in [2.45, 2.75) is 17.2 Å². The summed E-state index contributed by atoms with van der Waals surface area (Å²) in [7, 11) is -3.75. The topological polar surface area (TPSA) is 59.5 Å². The highest BCUT2D eigenvalue weighted by molar-refractivity contribution is 7.89. The third-order valence-corrected chi connectivity index (χ3v) is 6.36. The van der Waals surface area contributed by atoms with Crippen molar-refractivity contribution in [2.24, 2.45) is 0 Å². The SMILES string of the molecule is O=S(=O)(c1ccc2ccccc2c1)N1CC(Oc2ncccc2C(F)(F)F)C1. The Balaban J connectivity index is 1.49. The standard InChI is InChI=1S/C19H15F3N2O3S/c20-19(21,22)17-6-3-9-23-18(17)27-15-11-24(12-15)28(25,26)16-8-7-13-4-1-2-5-14(13)10-16/h1-10,15H,11-12H2. The van der Waals surface area contributed by atoms with E-state index in [-0.39, 0.29) is 18.0 Å². The molecule has 1 aliphatic heterocycles. The predicted molar refractivity (Wildman–Crippen MR) is 96.4 cm³/mol. The average Bonchev–Trinajstić information content (AvgIpc) is 2.63. The van der Waals surface area contributed by atoms with Gasteiger partial charge in [0.2, 0.25) is 15.9 Å². The number of ether oxygens (including phenoxy) is 1. The van der Waals surface area contributed by atoms with Crippen molar-refractivity contribution in [2.75, 3.05) is 13.1 Å². The lowest BCUT2D eigenvalue weighted by molar-refractivity contribution is -0.140. The van der Waals surface area contributed by atoms with E-state index >= 15 is 0 Å². The number of alkyl halides is 3. The van der Waals surface area contributed by atoms with E-state index < -0.39 is 33.7 Å². The fourth-order valence-corrected chi connectivity index (χ4v) is 4.55. The number of hydrogen-bond donors (Lipinski definition) is 0. The van der Waals surface area contributed by atoms with Gasteiger partial charge in [0.25, 0.3) is 0 Å². The fraction of sp³-hybridized carbons (Fsp3) is 0.211. The monoisotopic (exact) mass is 408 g/mol. The van der Waals surface area contributed by atoms with Gasteiger partial charge < -0.3 is 4.74 Å². The largest absolute Gasteiger partial charge is 0.471 e. The highest BCUT2D eigenvalue weighted by atomic mass is 32.2. The summed E-state index contributed by atoms with van der Waals surface area (Å²) in [6.07, 6.45) is -4.08. The Hall–Kier alpha value is -2.65. The number of fused-ring (bicyclic) bond motifs is 1. The zero-order valence-corrected chi connectivity index (χ0v) is 15.2. The molecule has 2 aromatic carbocycles. The van der Waals surface area contributed by atoms with Crippen molar-refractivity contribution in [3.63, 3.8) is 0 Å². The molecule has 1 fully saturated rings. The van der Waals surface area contributed by atoms with Gasteiger partial charge in [-0.2, -0.15) is 17.5 Å². The minimum Gasteiger partial charge on any atom is -0.471 e. The summed E-state index contributed by atoms with van der Waals surface area (Å²) in [6, 6.07) is 14.3. The smallest absolute Gasteiger partial charge is 0.421 e. The molecule has 5 nitrogen and oxygen atoms in total. The van der Waals surface area contributed by atoms with E-state index in [1.54, 1.807) is 12.1 Å². The van der Waals surface area contributed by atoms with Crippen LogP contribution in [0.1, 0.15) is 5.56 Å². The fourth-order valence-electron chi connectivity index (χ4n) is 3.01. The normalized spacial score (nSPS) is 16.1. The lowest BCUT2D eigenvalue weighted by Gasteiger charge is -2.37. The molecule has 9 heteroatoms. The number of sulfonamides is 1. The molecular formula is C19H15F3N2O3S. The van der Waals surface area contributed by atoms with E-state index in [4.69, 9.17) is 4.74 Å². The van der Waals surface area contributed by atoms with Crippen molar-refractivity contribution in [3.8, 4) is 5.88 Å². The second kappa shape index (κ2) is 6.75. The molecule has 0 unspecified atom stereocenters. The number of benzene rings is 2. The van der Waals surface area contributed by atoms with Crippen LogP contribution < -0.4 is 4.74 Å². The maximum atomic E-state index is 13.0. The van der Waals surface area contributed by atoms with Gasteiger partial charge in [-0.3, -0.25) is 0 Å². The summed E-state index contributed by atoms with van der Waals surface area (Å²) < 4.78 is 71.0. The first-order valence-corrected chi connectivity index (χ1v) is 9.87. The molecule has 0 bridgehead atoms. The van der Waals surface area contributed by atoms with Crippen LogP contribution in [-0.4, -0.2) is 36.9 Å². The van der Waals surface area contributed by atoms with Crippen LogP contribution in [0.5, 0.6) is 5.88 Å². The zero-order chi connectivity index (χ0) is 19.9. The van der Waals surface area contributed by atoms with E-state index in [2.05, 4.69) is 4.98 Å². The van der Waals surface area contributed by atoms with Crippen LogP contribution in [-0.2, 0) is 16.2 Å². The maximum Gasteiger partial charge on any atom is 0.421 e. The second-order valence-corrected chi connectivity index (χ2v) is 8.36. The van der Waals surface area contributed by atoms with E-state index in [0.29, 0.717) is 0 Å². The molecule has 0 amide bonds.